The first-order chi connectivity index (χ1) is 8.00. The Morgan fingerprint density at radius 1 is 0.765 bits per heavy atom. The summed E-state index contributed by atoms with van der Waals surface area (Å²) >= 11 is 0. The Kier molecular flexibility index (Phi) is 4.66. The lowest BCUT2D eigenvalue weighted by atomic mass is 10.0. The van der Waals surface area contributed by atoms with E-state index in [1.54, 1.807) is 6.08 Å². The van der Waals surface area contributed by atoms with E-state index in [4.69, 9.17) is 0 Å². The van der Waals surface area contributed by atoms with E-state index in [9.17, 15) is 22.0 Å². The van der Waals surface area contributed by atoms with Crippen LogP contribution in [-0.2, 0) is 6.42 Å². The first kappa shape index (κ1) is 13.7. The molecule has 0 N–H and O–H groups in total. The average Bonchev–Trinajstić information content (AvgIpc) is 2.33. The van der Waals surface area contributed by atoms with Crippen LogP contribution >= 0.6 is 0 Å². The predicted octanol–water partition coefficient (Wildman–Crippen LogP) is 4.28. The molecular weight excluding hydrogens is 239 g/mol. The number of allylic oxidation sites excluding steroid dienone is 1. The van der Waals surface area contributed by atoms with Crippen LogP contribution in [-0.4, -0.2) is 0 Å². The molecule has 0 heterocycles. The number of rotatable bonds is 5. The van der Waals surface area contributed by atoms with Gasteiger partial charge in [-0.15, -0.1) is 6.58 Å². The van der Waals surface area contributed by atoms with Gasteiger partial charge in [-0.05, 0) is 25.7 Å². The molecule has 0 aliphatic rings. The van der Waals surface area contributed by atoms with Gasteiger partial charge >= 0.3 is 0 Å². The molecule has 0 amide bonds. The zero-order chi connectivity index (χ0) is 13.0. The fraction of sp³-hybridized carbons (Fsp3) is 0.333. The maximum atomic E-state index is 13.2. The number of halogens is 5. The minimum Gasteiger partial charge on any atom is -0.203 e. The molecule has 0 aromatic heterocycles. The highest BCUT2D eigenvalue weighted by molar-refractivity contribution is 5.24. The monoisotopic (exact) mass is 250 g/mol. The number of hydrogen-bond acceptors (Lipinski definition) is 0. The van der Waals surface area contributed by atoms with E-state index >= 15 is 0 Å². The minimum atomic E-state index is -2.12. The quantitative estimate of drug-likeness (QED) is 0.240. The van der Waals surface area contributed by atoms with Gasteiger partial charge in [0.15, 0.2) is 23.3 Å². The van der Waals surface area contributed by atoms with Gasteiger partial charge in [-0.2, -0.15) is 0 Å². The number of unbranched alkanes of at least 4 members (excludes halogenated alkanes) is 2. The molecule has 0 aliphatic heterocycles. The summed E-state index contributed by atoms with van der Waals surface area (Å²) < 4.78 is 64.6. The van der Waals surface area contributed by atoms with Crippen LogP contribution in [0.4, 0.5) is 22.0 Å². The van der Waals surface area contributed by atoms with Gasteiger partial charge in [0.25, 0.3) is 0 Å². The highest BCUT2D eigenvalue weighted by Gasteiger charge is 2.24. The largest absolute Gasteiger partial charge is 0.203 e. The Morgan fingerprint density at radius 2 is 1.24 bits per heavy atom. The van der Waals surface area contributed by atoms with Crippen molar-refractivity contribution in [1.82, 2.24) is 0 Å². The first-order valence-electron chi connectivity index (χ1n) is 5.11. The highest BCUT2D eigenvalue weighted by Crippen LogP contribution is 2.24. The van der Waals surface area contributed by atoms with Crippen molar-refractivity contribution in [3.8, 4) is 0 Å². The van der Waals surface area contributed by atoms with Crippen molar-refractivity contribution in [2.45, 2.75) is 25.7 Å². The molecule has 0 nitrogen and oxygen atoms in total. The van der Waals surface area contributed by atoms with Crippen LogP contribution in [0.25, 0.3) is 0 Å². The van der Waals surface area contributed by atoms with Crippen LogP contribution in [0.3, 0.4) is 0 Å². The molecule has 5 heteroatoms. The van der Waals surface area contributed by atoms with Crippen LogP contribution in [0.15, 0.2) is 12.7 Å². The summed E-state index contributed by atoms with van der Waals surface area (Å²) in [5.74, 6) is -9.36. The third-order valence-electron chi connectivity index (χ3n) is 2.39. The van der Waals surface area contributed by atoms with E-state index in [2.05, 4.69) is 6.58 Å². The smallest absolute Gasteiger partial charge is 0.200 e. The van der Waals surface area contributed by atoms with Crippen LogP contribution in [0.5, 0.6) is 0 Å². The van der Waals surface area contributed by atoms with Gasteiger partial charge in [0.2, 0.25) is 5.82 Å². The molecule has 0 fully saturated rings. The molecule has 94 valence electrons. The minimum absolute atomic E-state index is 0.181. The summed E-state index contributed by atoms with van der Waals surface area (Å²) in [5, 5.41) is 0. The summed E-state index contributed by atoms with van der Waals surface area (Å²) in [4.78, 5) is 0. The molecule has 0 spiro atoms. The van der Waals surface area contributed by atoms with E-state index in [0.717, 1.165) is 0 Å². The second-order valence-corrected chi connectivity index (χ2v) is 3.58. The Bertz CT molecular complexity index is 396. The van der Waals surface area contributed by atoms with Crippen LogP contribution in [0, 0.1) is 29.1 Å². The number of benzene rings is 1. The van der Waals surface area contributed by atoms with Crippen molar-refractivity contribution in [3.63, 3.8) is 0 Å². The fourth-order valence-corrected chi connectivity index (χ4v) is 1.46. The molecular formula is C12H11F5. The van der Waals surface area contributed by atoms with Crippen molar-refractivity contribution in [1.29, 1.82) is 0 Å². The van der Waals surface area contributed by atoms with E-state index < -0.39 is 34.6 Å². The Balaban J connectivity index is 2.95. The fourth-order valence-electron chi connectivity index (χ4n) is 1.46. The summed E-state index contributed by atoms with van der Waals surface area (Å²) in [6.07, 6.45) is 3.00. The van der Waals surface area contributed by atoms with Crippen LogP contribution in [0.1, 0.15) is 24.8 Å². The highest BCUT2D eigenvalue weighted by atomic mass is 19.2. The Morgan fingerprint density at radius 3 is 1.71 bits per heavy atom. The van der Waals surface area contributed by atoms with E-state index in [-0.39, 0.29) is 6.42 Å². The summed E-state index contributed by atoms with van der Waals surface area (Å²) in [7, 11) is 0. The third-order valence-corrected chi connectivity index (χ3v) is 2.39. The van der Waals surface area contributed by atoms with Crippen LogP contribution < -0.4 is 0 Å². The second-order valence-electron chi connectivity index (χ2n) is 3.58. The summed E-state index contributed by atoms with van der Waals surface area (Å²) in [6, 6.07) is 0. The Labute approximate surface area is 95.8 Å². The molecule has 1 rings (SSSR count). The third kappa shape index (κ3) is 2.84. The van der Waals surface area contributed by atoms with E-state index in [1.165, 1.54) is 0 Å². The molecule has 1 aromatic carbocycles. The van der Waals surface area contributed by atoms with E-state index in [1.807, 2.05) is 0 Å². The molecule has 0 saturated carbocycles. The van der Waals surface area contributed by atoms with Gasteiger partial charge in [-0.25, -0.2) is 22.0 Å². The molecule has 0 atom stereocenters. The lowest BCUT2D eigenvalue weighted by Gasteiger charge is -2.07. The standard InChI is InChI=1S/C12H11F5/c1-2-3-4-5-6-7-8(13)10(15)12(17)11(16)9(7)14/h2H,1,3-6H2. The average molecular weight is 250 g/mol. The maximum absolute atomic E-state index is 13.2. The van der Waals surface area contributed by atoms with Crippen molar-refractivity contribution in [2.24, 2.45) is 0 Å². The first-order valence-corrected chi connectivity index (χ1v) is 5.11. The molecule has 0 unspecified atom stereocenters. The zero-order valence-corrected chi connectivity index (χ0v) is 9.00. The van der Waals surface area contributed by atoms with Gasteiger partial charge in [0, 0.05) is 5.56 Å². The van der Waals surface area contributed by atoms with Crippen molar-refractivity contribution < 1.29 is 22.0 Å². The maximum Gasteiger partial charge on any atom is 0.200 e. The predicted molar refractivity (Wildman–Crippen MR) is 54.0 cm³/mol. The number of hydrogen-bond donors (Lipinski definition) is 0. The van der Waals surface area contributed by atoms with Gasteiger partial charge in [-0.1, -0.05) is 6.08 Å². The molecule has 0 radical (unpaired) electrons. The zero-order valence-electron chi connectivity index (χ0n) is 9.00. The van der Waals surface area contributed by atoms with Gasteiger partial charge in [0.1, 0.15) is 0 Å². The SMILES string of the molecule is C=CCCCCc1c(F)c(F)c(F)c(F)c1F. The molecule has 17 heavy (non-hydrogen) atoms. The molecule has 0 bridgehead atoms. The Hall–Kier alpha value is -1.39. The van der Waals surface area contributed by atoms with Gasteiger partial charge in [0.05, 0.1) is 0 Å². The van der Waals surface area contributed by atoms with Crippen molar-refractivity contribution in [2.75, 3.05) is 0 Å². The van der Waals surface area contributed by atoms with Crippen LogP contribution in [0.2, 0.25) is 0 Å². The topological polar surface area (TPSA) is 0 Å². The lowest BCUT2D eigenvalue weighted by Crippen LogP contribution is -2.07. The molecule has 0 saturated heterocycles. The summed E-state index contributed by atoms with van der Waals surface area (Å²) in [5.41, 5.74) is -0.745. The molecule has 1 aromatic rings. The summed E-state index contributed by atoms with van der Waals surface area (Å²) in [6.45, 7) is 3.46. The molecule has 0 aliphatic carbocycles. The normalized spacial score (nSPS) is 10.6. The van der Waals surface area contributed by atoms with E-state index in [0.29, 0.717) is 19.3 Å². The van der Waals surface area contributed by atoms with Gasteiger partial charge < -0.3 is 0 Å². The second kappa shape index (κ2) is 5.80. The van der Waals surface area contributed by atoms with Crippen molar-refractivity contribution in [3.05, 3.63) is 47.3 Å². The van der Waals surface area contributed by atoms with Crippen molar-refractivity contribution >= 4 is 0 Å². The lowest BCUT2D eigenvalue weighted by molar-refractivity contribution is 0.369. The van der Waals surface area contributed by atoms with Gasteiger partial charge in [-0.3, -0.25) is 0 Å².